The molecule has 5 heteroatoms. The van der Waals surface area contributed by atoms with Crippen molar-refractivity contribution in [2.45, 2.75) is 26.7 Å². The van der Waals surface area contributed by atoms with E-state index in [-0.39, 0.29) is 10.8 Å². The molecule has 2 N–H and O–H groups in total. The number of benzene rings is 1. The number of thiocarbonyl (C=S) groups is 1. The van der Waals surface area contributed by atoms with Gasteiger partial charge >= 0.3 is 0 Å². The van der Waals surface area contributed by atoms with Crippen molar-refractivity contribution in [1.29, 1.82) is 0 Å². The fourth-order valence-corrected chi connectivity index (χ4v) is 2.72. The Kier molecular flexibility index (Phi) is 6.02. The highest BCUT2D eigenvalue weighted by Gasteiger charge is 2.16. The molecule has 1 rings (SSSR count). The van der Waals surface area contributed by atoms with Gasteiger partial charge in [0.2, 0.25) is 0 Å². The Balaban J connectivity index is 3.16. The molecule has 2 nitrogen and oxygen atoms in total. The second kappa shape index (κ2) is 7.04. The Morgan fingerprint density at radius 3 is 2.33 bits per heavy atom. The molecule has 0 spiro atoms. The molecule has 1 aromatic carbocycles. The van der Waals surface area contributed by atoms with Crippen molar-refractivity contribution in [2.24, 2.45) is 5.73 Å². The van der Waals surface area contributed by atoms with Crippen LogP contribution in [0.1, 0.15) is 32.3 Å². The van der Waals surface area contributed by atoms with E-state index in [9.17, 15) is 4.39 Å². The minimum Gasteiger partial charge on any atom is -0.389 e. The average molecular weight is 333 g/mol. The maximum Gasteiger partial charge on any atom is 0.161 e. The summed E-state index contributed by atoms with van der Waals surface area (Å²) in [4.78, 5) is 2.24. The average Bonchev–Trinajstić information content (AvgIpc) is 2.32. The number of halogens is 2. The first-order valence-corrected chi connectivity index (χ1v) is 7.25. The van der Waals surface area contributed by atoms with Gasteiger partial charge in [-0.15, -0.1) is 0 Å². The number of rotatable bonds is 6. The molecule has 0 amide bonds. The molecule has 0 heterocycles. The van der Waals surface area contributed by atoms with Gasteiger partial charge in [-0.25, -0.2) is 4.39 Å². The van der Waals surface area contributed by atoms with E-state index in [4.69, 9.17) is 18.0 Å². The number of hydrogen-bond donors (Lipinski definition) is 1. The van der Waals surface area contributed by atoms with Crippen molar-refractivity contribution in [3.05, 3.63) is 28.0 Å². The lowest BCUT2D eigenvalue weighted by Gasteiger charge is -2.25. The second-order valence-corrected chi connectivity index (χ2v) is 5.34. The molecule has 0 radical (unpaired) electrons. The van der Waals surface area contributed by atoms with Crippen LogP contribution in [0.4, 0.5) is 10.1 Å². The molecule has 0 saturated heterocycles. The smallest absolute Gasteiger partial charge is 0.161 e. The van der Waals surface area contributed by atoms with E-state index in [1.54, 1.807) is 12.1 Å². The van der Waals surface area contributed by atoms with Crippen molar-refractivity contribution < 1.29 is 4.39 Å². The van der Waals surface area contributed by atoms with E-state index in [0.717, 1.165) is 25.9 Å². The van der Waals surface area contributed by atoms with Crippen molar-refractivity contribution in [2.75, 3.05) is 18.0 Å². The van der Waals surface area contributed by atoms with Crippen molar-refractivity contribution >= 4 is 38.8 Å². The van der Waals surface area contributed by atoms with Crippen LogP contribution in [0.15, 0.2) is 16.6 Å². The number of anilines is 1. The Hall–Kier alpha value is -0.680. The highest BCUT2D eigenvalue weighted by Crippen LogP contribution is 2.29. The zero-order chi connectivity index (χ0) is 13.7. The van der Waals surface area contributed by atoms with E-state index < -0.39 is 0 Å². The van der Waals surface area contributed by atoms with Gasteiger partial charge < -0.3 is 10.6 Å². The molecule has 0 aliphatic carbocycles. The quantitative estimate of drug-likeness (QED) is 0.802. The highest BCUT2D eigenvalue weighted by molar-refractivity contribution is 9.10. The Morgan fingerprint density at radius 1 is 1.33 bits per heavy atom. The zero-order valence-electron chi connectivity index (χ0n) is 10.7. The lowest BCUT2D eigenvalue weighted by molar-refractivity contribution is 0.607. The summed E-state index contributed by atoms with van der Waals surface area (Å²) in [5.41, 5.74) is 6.69. The predicted molar refractivity (Wildman–Crippen MR) is 82.8 cm³/mol. The van der Waals surface area contributed by atoms with E-state index in [1.807, 2.05) is 4.90 Å². The van der Waals surface area contributed by atoms with Crippen LogP contribution in [-0.4, -0.2) is 18.1 Å². The molecular formula is C13H18BrFN2S. The van der Waals surface area contributed by atoms with Crippen molar-refractivity contribution in [3.8, 4) is 0 Å². The van der Waals surface area contributed by atoms with Crippen LogP contribution >= 0.6 is 28.1 Å². The summed E-state index contributed by atoms with van der Waals surface area (Å²) >= 11 is 8.12. The van der Waals surface area contributed by atoms with Crippen LogP contribution in [0.25, 0.3) is 0 Å². The Bertz CT molecular complexity index is 431. The monoisotopic (exact) mass is 332 g/mol. The lowest BCUT2D eigenvalue weighted by atomic mass is 10.1. The first-order chi connectivity index (χ1) is 8.52. The topological polar surface area (TPSA) is 29.3 Å². The molecule has 100 valence electrons. The molecule has 1 aromatic rings. The van der Waals surface area contributed by atoms with Crippen LogP contribution < -0.4 is 10.6 Å². The number of nitrogens with zero attached hydrogens (tertiary/aromatic N) is 1. The summed E-state index contributed by atoms with van der Waals surface area (Å²) in [5.74, 6) is -0.290. The SMILES string of the molecule is CCCN(CCC)c1ccc(C(N)=S)c(Br)c1F. The van der Waals surface area contributed by atoms with Crippen LogP contribution in [-0.2, 0) is 0 Å². The van der Waals surface area contributed by atoms with E-state index in [2.05, 4.69) is 29.8 Å². The predicted octanol–water partition coefficient (Wildman–Crippen LogP) is 3.85. The lowest BCUT2D eigenvalue weighted by Crippen LogP contribution is -2.26. The highest BCUT2D eigenvalue weighted by atomic mass is 79.9. The van der Waals surface area contributed by atoms with Gasteiger partial charge in [0, 0.05) is 18.7 Å². The summed E-state index contributed by atoms with van der Waals surface area (Å²) in [5, 5.41) is 0. The van der Waals surface area contributed by atoms with Gasteiger partial charge in [0.15, 0.2) is 5.82 Å². The zero-order valence-corrected chi connectivity index (χ0v) is 13.1. The summed E-state index contributed by atoms with van der Waals surface area (Å²) in [6.45, 7) is 5.84. The molecule has 0 saturated carbocycles. The third-order valence-electron chi connectivity index (χ3n) is 2.66. The first-order valence-electron chi connectivity index (χ1n) is 6.05. The number of nitrogens with two attached hydrogens (primary N) is 1. The number of hydrogen-bond acceptors (Lipinski definition) is 2. The third-order valence-corrected chi connectivity index (χ3v) is 3.65. The third kappa shape index (κ3) is 3.42. The van der Waals surface area contributed by atoms with Gasteiger partial charge in [-0.3, -0.25) is 0 Å². The minimum atomic E-state index is -0.290. The molecule has 0 aliphatic heterocycles. The van der Waals surface area contributed by atoms with Crippen LogP contribution in [0.2, 0.25) is 0 Å². The fourth-order valence-electron chi connectivity index (χ4n) is 1.87. The molecule has 0 atom stereocenters. The Labute approximate surface area is 121 Å². The normalized spacial score (nSPS) is 10.4. The molecule has 18 heavy (non-hydrogen) atoms. The van der Waals surface area contributed by atoms with Crippen LogP contribution in [0, 0.1) is 5.82 Å². The van der Waals surface area contributed by atoms with Crippen LogP contribution in [0.3, 0.4) is 0 Å². The molecular weight excluding hydrogens is 315 g/mol. The van der Waals surface area contributed by atoms with Crippen LogP contribution in [0.5, 0.6) is 0 Å². The van der Waals surface area contributed by atoms with Gasteiger partial charge in [-0.2, -0.15) is 0 Å². The largest absolute Gasteiger partial charge is 0.389 e. The summed E-state index contributed by atoms with van der Waals surface area (Å²) in [6, 6.07) is 3.52. The van der Waals surface area contributed by atoms with Gasteiger partial charge in [0.25, 0.3) is 0 Å². The van der Waals surface area contributed by atoms with Crippen molar-refractivity contribution in [3.63, 3.8) is 0 Å². The Morgan fingerprint density at radius 2 is 1.89 bits per heavy atom. The maximum absolute atomic E-state index is 14.3. The van der Waals surface area contributed by atoms with E-state index in [0.29, 0.717) is 15.7 Å². The van der Waals surface area contributed by atoms with Gasteiger partial charge in [0.05, 0.1) is 10.2 Å². The first kappa shape index (κ1) is 15.4. The van der Waals surface area contributed by atoms with E-state index >= 15 is 0 Å². The summed E-state index contributed by atoms with van der Waals surface area (Å²) < 4.78 is 14.7. The standard InChI is InChI=1S/C13H18BrFN2S/c1-3-7-17(8-4-2)10-6-5-9(13(16)18)11(14)12(10)15/h5-6H,3-4,7-8H2,1-2H3,(H2,16,18). The van der Waals surface area contributed by atoms with Gasteiger partial charge in [-0.1, -0.05) is 26.1 Å². The maximum atomic E-state index is 14.3. The molecule has 0 unspecified atom stereocenters. The fraction of sp³-hybridized carbons (Fsp3) is 0.462. The molecule has 0 aromatic heterocycles. The second-order valence-electron chi connectivity index (χ2n) is 4.11. The van der Waals surface area contributed by atoms with E-state index in [1.165, 1.54) is 0 Å². The summed E-state index contributed by atoms with van der Waals surface area (Å²) in [6.07, 6.45) is 1.96. The molecule has 0 bridgehead atoms. The summed E-state index contributed by atoms with van der Waals surface area (Å²) in [7, 11) is 0. The molecule has 0 aliphatic rings. The molecule has 0 fully saturated rings. The van der Waals surface area contributed by atoms with Gasteiger partial charge in [-0.05, 0) is 40.9 Å². The van der Waals surface area contributed by atoms with Gasteiger partial charge in [0.1, 0.15) is 4.99 Å². The van der Waals surface area contributed by atoms with Crippen molar-refractivity contribution in [1.82, 2.24) is 0 Å². The minimum absolute atomic E-state index is 0.199.